The van der Waals surface area contributed by atoms with Gasteiger partial charge in [0.15, 0.2) is 0 Å². The van der Waals surface area contributed by atoms with E-state index in [1.54, 1.807) is 19.9 Å². The lowest BCUT2D eigenvalue weighted by Gasteiger charge is -2.08. The predicted molar refractivity (Wildman–Crippen MR) is 80.2 cm³/mol. The van der Waals surface area contributed by atoms with Gasteiger partial charge in [-0.3, -0.25) is 4.79 Å². The Balaban J connectivity index is 2.25. The molecule has 0 amide bonds. The van der Waals surface area contributed by atoms with Crippen molar-refractivity contribution in [2.45, 2.75) is 20.0 Å². The van der Waals surface area contributed by atoms with E-state index in [9.17, 15) is 18.0 Å². The summed E-state index contributed by atoms with van der Waals surface area (Å²) in [5, 5.41) is 0.433. The van der Waals surface area contributed by atoms with Gasteiger partial charge in [-0.25, -0.2) is 4.98 Å². The number of hydrogen-bond donors (Lipinski definition) is 1. The number of halogens is 3. The highest BCUT2D eigenvalue weighted by atomic mass is 32.1. The van der Waals surface area contributed by atoms with E-state index in [0.717, 1.165) is 12.1 Å². The summed E-state index contributed by atoms with van der Waals surface area (Å²) in [6.45, 7) is 3.39. The maximum Gasteiger partial charge on any atom is 0.416 e. The third kappa shape index (κ3) is 2.41. The number of nitrogens with one attached hydrogen (secondary N) is 1. The number of hydrogen-bond acceptors (Lipinski definition) is 3. The maximum atomic E-state index is 12.8. The largest absolute Gasteiger partial charge is 0.416 e. The van der Waals surface area contributed by atoms with Gasteiger partial charge >= 0.3 is 6.18 Å². The number of fused-ring (bicyclic) bond motifs is 1. The highest BCUT2D eigenvalue weighted by Crippen LogP contribution is 2.38. The van der Waals surface area contributed by atoms with Crippen molar-refractivity contribution in [2.24, 2.45) is 0 Å². The monoisotopic (exact) mass is 324 g/mol. The first-order valence-electron chi connectivity index (χ1n) is 6.45. The molecule has 0 aliphatic carbocycles. The number of nitrogens with zero attached hydrogens (tertiary/aromatic N) is 1. The van der Waals surface area contributed by atoms with Crippen LogP contribution in [0.3, 0.4) is 0 Å². The summed E-state index contributed by atoms with van der Waals surface area (Å²) in [6.07, 6.45) is -4.40. The summed E-state index contributed by atoms with van der Waals surface area (Å²) in [7, 11) is 0. The summed E-state index contributed by atoms with van der Waals surface area (Å²) in [5.74, 6) is 0.481. The lowest BCUT2D eigenvalue weighted by Crippen LogP contribution is -2.08. The fourth-order valence-electron chi connectivity index (χ4n) is 2.36. The Labute approximate surface area is 127 Å². The molecule has 0 atom stereocenters. The Hall–Kier alpha value is -2.15. The molecule has 0 spiro atoms. The van der Waals surface area contributed by atoms with Crippen LogP contribution in [0.15, 0.2) is 29.1 Å². The first kappa shape index (κ1) is 14.8. The Morgan fingerprint density at radius 2 is 1.95 bits per heavy atom. The number of aromatic amines is 1. The van der Waals surface area contributed by atoms with Crippen LogP contribution in [0.1, 0.15) is 17.0 Å². The maximum absolute atomic E-state index is 12.8. The van der Waals surface area contributed by atoms with Crippen LogP contribution in [-0.2, 0) is 6.18 Å². The predicted octanol–water partition coefficient (Wildman–Crippen LogP) is 4.29. The topological polar surface area (TPSA) is 45.8 Å². The molecular formula is C15H11F3N2OS. The molecule has 7 heteroatoms. The average Bonchev–Trinajstić information content (AvgIpc) is 2.75. The molecule has 0 saturated heterocycles. The van der Waals surface area contributed by atoms with Gasteiger partial charge in [0.05, 0.1) is 10.9 Å². The van der Waals surface area contributed by atoms with Crippen molar-refractivity contribution in [3.63, 3.8) is 0 Å². The van der Waals surface area contributed by atoms with Crippen molar-refractivity contribution in [3.05, 3.63) is 51.6 Å². The number of aryl methyl sites for hydroxylation is 2. The van der Waals surface area contributed by atoms with Gasteiger partial charge in [0.25, 0.3) is 5.56 Å². The van der Waals surface area contributed by atoms with E-state index in [1.165, 1.54) is 17.4 Å². The van der Waals surface area contributed by atoms with E-state index in [2.05, 4.69) is 9.97 Å². The second-order valence-electron chi connectivity index (χ2n) is 4.97. The molecule has 3 rings (SSSR count). The van der Waals surface area contributed by atoms with Gasteiger partial charge in [0, 0.05) is 4.88 Å². The first-order valence-corrected chi connectivity index (χ1v) is 7.26. The molecule has 1 N–H and O–H groups in total. The van der Waals surface area contributed by atoms with Crippen LogP contribution < -0.4 is 5.56 Å². The van der Waals surface area contributed by atoms with E-state index in [0.29, 0.717) is 32.0 Å². The molecule has 3 nitrogen and oxygen atoms in total. The smallest absolute Gasteiger partial charge is 0.310 e. The SMILES string of the molecule is Cc1nc2sc(-c3cccc(C(F)(F)F)c3)c(C)c2c(=O)[nH]1. The zero-order valence-electron chi connectivity index (χ0n) is 11.7. The highest BCUT2D eigenvalue weighted by molar-refractivity contribution is 7.22. The van der Waals surface area contributed by atoms with Crippen molar-refractivity contribution < 1.29 is 13.2 Å². The summed E-state index contributed by atoms with van der Waals surface area (Å²) in [5.41, 5.74) is 0.106. The zero-order valence-corrected chi connectivity index (χ0v) is 12.5. The number of H-pyrrole nitrogens is 1. The van der Waals surface area contributed by atoms with Gasteiger partial charge < -0.3 is 4.98 Å². The lowest BCUT2D eigenvalue weighted by atomic mass is 10.1. The third-order valence-corrected chi connectivity index (χ3v) is 4.61. The molecule has 114 valence electrons. The van der Waals surface area contributed by atoms with Crippen LogP contribution in [0.25, 0.3) is 20.7 Å². The van der Waals surface area contributed by atoms with Gasteiger partial charge in [-0.2, -0.15) is 13.2 Å². The van der Waals surface area contributed by atoms with Crippen LogP contribution in [0, 0.1) is 13.8 Å². The van der Waals surface area contributed by atoms with E-state index in [-0.39, 0.29) is 5.56 Å². The summed E-state index contributed by atoms with van der Waals surface area (Å²) in [4.78, 5) is 20.1. The number of rotatable bonds is 1. The third-order valence-electron chi connectivity index (χ3n) is 3.37. The molecule has 1 aromatic carbocycles. The minimum Gasteiger partial charge on any atom is -0.310 e. The molecule has 0 aliphatic heterocycles. The molecule has 0 saturated carbocycles. The normalized spacial score (nSPS) is 12.0. The van der Waals surface area contributed by atoms with Gasteiger partial charge in [-0.05, 0) is 37.1 Å². The van der Waals surface area contributed by atoms with Crippen LogP contribution in [-0.4, -0.2) is 9.97 Å². The lowest BCUT2D eigenvalue weighted by molar-refractivity contribution is -0.137. The first-order chi connectivity index (χ1) is 10.3. The number of benzene rings is 1. The number of thiophene rings is 1. The molecule has 0 bridgehead atoms. The van der Waals surface area contributed by atoms with Crippen molar-refractivity contribution in [3.8, 4) is 10.4 Å². The standard InChI is InChI=1S/C15H11F3N2OS/c1-7-11-13(21)19-8(2)20-14(11)22-12(7)9-4-3-5-10(6-9)15(16,17)18/h3-6H,1-2H3,(H,19,20,21). The Morgan fingerprint density at radius 1 is 1.23 bits per heavy atom. The quantitative estimate of drug-likeness (QED) is 0.726. The Kier molecular flexibility index (Phi) is 3.32. The molecule has 2 heterocycles. The van der Waals surface area contributed by atoms with Gasteiger partial charge in [0.1, 0.15) is 10.7 Å². The van der Waals surface area contributed by atoms with Crippen molar-refractivity contribution in [1.82, 2.24) is 9.97 Å². The Bertz CT molecular complexity index is 925. The fourth-order valence-corrected chi connectivity index (χ4v) is 3.59. The van der Waals surface area contributed by atoms with Crippen molar-refractivity contribution in [1.29, 1.82) is 0 Å². The summed E-state index contributed by atoms with van der Waals surface area (Å²) < 4.78 is 38.5. The second kappa shape index (κ2) is 4.95. The van der Waals surface area contributed by atoms with Gasteiger partial charge in [-0.15, -0.1) is 11.3 Å². The minimum atomic E-state index is -4.40. The van der Waals surface area contributed by atoms with E-state index >= 15 is 0 Å². The van der Waals surface area contributed by atoms with Crippen LogP contribution >= 0.6 is 11.3 Å². The molecule has 0 radical (unpaired) electrons. The van der Waals surface area contributed by atoms with E-state index in [1.807, 2.05) is 0 Å². The molecule has 0 fully saturated rings. The molecule has 2 aromatic heterocycles. The number of aromatic nitrogens is 2. The minimum absolute atomic E-state index is 0.269. The second-order valence-corrected chi connectivity index (χ2v) is 5.97. The van der Waals surface area contributed by atoms with Crippen LogP contribution in [0.5, 0.6) is 0 Å². The number of alkyl halides is 3. The molecule has 0 unspecified atom stereocenters. The average molecular weight is 324 g/mol. The van der Waals surface area contributed by atoms with Gasteiger partial charge in [0.2, 0.25) is 0 Å². The highest BCUT2D eigenvalue weighted by Gasteiger charge is 2.30. The molecular weight excluding hydrogens is 313 g/mol. The fraction of sp³-hybridized carbons (Fsp3) is 0.200. The van der Waals surface area contributed by atoms with E-state index in [4.69, 9.17) is 0 Å². The zero-order chi connectivity index (χ0) is 16.1. The van der Waals surface area contributed by atoms with E-state index < -0.39 is 11.7 Å². The van der Waals surface area contributed by atoms with Gasteiger partial charge in [-0.1, -0.05) is 12.1 Å². The van der Waals surface area contributed by atoms with Crippen molar-refractivity contribution in [2.75, 3.05) is 0 Å². The Morgan fingerprint density at radius 3 is 2.64 bits per heavy atom. The summed E-state index contributed by atoms with van der Waals surface area (Å²) >= 11 is 1.23. The molecule has 0 aliphatic rings. The van der Waals surface area contributed by atoms with Crippen LogP contribution in [0.2, 0.25) is 0 Å². The van der Waals surface area contributed by atoms with Crippen molar-refractivity contribution >= 4 is 21.6 Å². The summed E-state index contributed by atoms with van der Waals surface area (Å²) in [6, 6.07) is 5.10. The molecule has 22 heavy (non-hydrogen) atoms. The molecule has 3 aromatic rings. The van der Waals surface area contributed by atoms with Crippen LogP contribution in [0.4, 0.5) is 13.2 Å².